The molecule has 5 nitrogen and oxygen atoms in total. The van der Waals surface area contributed by atoms with Crippen molar-refractivity contribution < 1.29 is 14.0 Å². The Bertz CT molecular complexity index is 1000. The van der Waals surface area contributed by atoms with Gasteiger partial charge in [-0.05, 0) is 31.5 Å². The van der Waals surface area contributed by atoms with Gasteiger partial charge in [-0.1, -0.05) is 36.4 Å². The van der Waals surface area contributed by atoms with E-state index in [1.165, 1.54) is 6.07 Å². The maximum Gasteiger partial charge on any atom is 0.313 e. The lowest BCUT2D eigenvalue weighted by atomic mass is 10.2. The molecule has 144 valence electrons. The van der Waals surface area contributed by atoms with Crippen molar-refractivity contribution in [3.63, 3.8) is 0 Å². The zero-order valence-electron chi connectivity index (χ0n) is 15.6. The van der Waals surface area contributed by atoms with Crippen molar-refractivity contribution in [2.45, 2.75) is 20.3 Å². The minimum atomic E-state index is -0.825. The molecule has 0 aliphatic heterocycles. The molecule has 1 aromatic heterocycles. The standard InChI is InChI=1S/C21H20FN3O2S/c1-13-8-9-16(12-17(13)22)25-20(27)19(26)23-11-10-18-14(2)24-21(28-18)15-6-4-3-5-7-15/h3-9,12H,10-11H2,1-2H3,(H,23,26)(H,25,27). The second-order valence-electron chi connectivity index (χ2n) is 6.32. The molecule has 0 aliphatic rings. The van der Waals surface area contributed by atoms with Crippen molar-refractivity contribution in [2.24, 2.45) is 0 Å². The van der Waals surface area contributed by atoms with Gasteiger partial charge in [-0.3, -0.25) is 9.59 Å². The summed E-state index contributed by atoms with van der Waals surface area (Å²) in [6.45, 7) is 3.86. The summed E-state index contributed by atoms with van der Waals surface area (Å²) in [5, 5.41) is 5.91. The largest absolute Gasteiger partial charge is 0.347 e. The number of nitrogens with one attached hydrogen (secondary N) is 2. The van der Waals surface area contributed by atoms with Gasteiger partial charge in [-0.15, -0.1) is 11.3 Å². The molecule has 0 spiro atoms. The fraction of sp³-hybridized carbons (Fsp3) is 0.190. The molecule has 2 aromatic carbocycles. The average molecular weight is 397 g/mol. The van der Waals surface area contributed by atoms with Crippen molar-refractivity contribution >= 4 is 28.8 Å². The van der Waals surface area contributed by atoms with Crippen LogP contribution in [0.25, 0.3) is 10.6 Å². The Morgan fingerprint density at radius 1 is 1.07 bits per heavy atom. The van der Waals surface area contributed by atoms with E-state index >= 15 is 0 Å². The molecule has 28 heavy (non-hydrogen) atoms. The Labute approximate surface area is 166 Å². The second kappa shape index (κ2) is 8.75. The minimum Gasteiger partial charge on any atom is -0.347 e. The molecule has 3 aromatic rings. The number of aromatic nitrogens is 1. The fourth-order valence-corrected chi connectivity index (χ4v) is 3.66. The maximum atomic E-state index is 13.5. The first-order chi connectivity index (χ1) is 13.4. The third-order valence-corrected chi connectivity index (χ3v) is 5.45. The first kappa shape index (κ1) is 19.7. The first-order valence-electron chi connectivity index (χ1n) is 8.81. The van der Waals surface area contributed by atoms with Crippen molar-refractivity contribution in [3.05, 3.63) is 70.5 Å². The lowest BCUT2D eigenvalue weighted by Crippen LogP contribution is -2.36. The molecule has 2 N–H and O–H groups in total. The molecule has 0 fully saturated rings. The van der Waals surface area contributed by atoms with E-state index in [4.69, 9.17) is 0 Å². The number of hydrogen-bond donors (Lipinski definition) is 2. The van der Waals surface area contributed by atoms with Crippen LogP contribution in [0.5, 0.6) is 0 Å². The molecule has 0 saturated carbocycles. The predicted molar refractivity (Wildman–Crippen MR) is 109 cm³/mol. The second-order valence-corrected chi connectivity index (χ2v) is 7.40. The van der Waals surface area contributed by atoms with Gasteiger partial charge in [0.1, 0.15) is 10.8 Å². The van der Waals surface area contributed by atoms with Crippen LogP contribution in [0.3, 0.4) is 0 Å². The number of carbonyl (C=O) groups is 2. The molecule has 7 heteroatoms. The number of carbonyl (C=O) groups excluding carboxylic acids is 2. The summed E-state index contributed by atoms with van der Waals surface area (Å²) in [5.74, 6) is -2.02. The van der Waals surface area contributed by atoms with Gasteiger partial charge in [-0.2, -0.15) is 0 Å². The Morgan fingerprint density at radius 2 is 1.82 bits per heavy atom. The number of hydrogen-bond acceptors (Lipinski definition) is 4. The number of amides is 2. The smallest absolute Gasteiger partial charge is 0.313 e. The lowest BCUT2D eigenvalue weighted by molar-refractivity contribution is -0.136. The molecule has 1 heterocycles. The van der Waals surface area contributed by atoms with Gasteiger partial charge in [0.25, 0.3) is 0 Å². The number of thiazole rings is 1. The molecular formula is C21H20FN3O2S. The van der Waals surface area contributed by atoms with E-state index in [2.05, 4.69) is 15.6 Å². The summed E-state index contributed by atoms with van der Waals surface area (Å²) in [4.78, 5) is 29.6. The molecule has 0 atom stereocenters. The summed E-state index contributed by atoms with van der Waals surface area (Å²) < 4.78 is 13.5. The topological polar surface area (TPSA) is 71.1 Å². The van der Waals surface area contributed by atoms with Crippen LogP contribution in [0.1, 0.15) is 16.1 Å². The van der Waals surface area contributed by atoms with E-state index < -0.39 is 17.6 Å². The van der Waals surface area contributed by atoms with Gasteiger partial charge in [-0.25, -0.2) is 9.37 Å². The Morgan fingerprint density at radius 3 is 2.54 bits per heavy atom. The molecule has 0 bridgehead atoms. The van der Waals surface area contributed by atoms with Crippen LogP contribution in [-0.2, 0) is 16.0 Å². The van der Waals surface area contributed by atoms with Crippen LogP contribution in [-0.4, -0.2) is 23.3 Å². The number of aryl methyl sites for hydroxylation is 2. The predicted octanol–water partition coefficient (Wildman–Crippen LogP) is 3.86. The maximum absolute atomic E-state index is 13.5. The molecule has 0 unspecified atom stereocenters. The highest BCUT2D eigenvalue weighted by Crippen LogP contribution is 2.27. The molecular weight excluding hydrogens is 377 g/mol. The van der Waals surface area contributed by atoms with Crippen molar-refractivity contribution in [1.29, 1.82) is 0 Å². The summed E-state index contributed by atoms with van der Waals surface area (Å²) in [6, 6.07) is 14.2. The Hall–Kier alpha value is -3.06. The van der Waals surface area contributed by atoms with Crippen LogP contribution in [0.4, 0.5) is 10.1 Å². The minimum absolute atomic E-state index is 0.244. The number of halogens is 1. The SMILES string of the molecule is Cc1ccc(NC(=O)C(=O)NCCc2sc(-c3ccccc3)nc2C)cc1F. The Kier molecular flexibility index (Phi) is 6.16. The highest BCUT2D eigenvalue weighted by atomic mass is 32.1. The summed E-state index contributed by atoms with van der Waals surface area (Å²) >= 11 is 1.57. The van der Waals surface area contributed by atoms with Gasteiger partial charge >= 0.3 is 11.8 Å². The average Bonchev–Trinajstić information content (AvgIpc) is 3.06. The zero-order valence-corrected chi connectivity index (χ0v) is 16.4. The van der Waals surface area contributed by atoms with Crippen molar-refractivity contribution in [2.75, 3.05) is 11.9 Å². The summed E-state index contributed by atoms with van der Waals surface area (Å²) in [7, 11) is 0. The molecule has 0 saturated heterocycles. The van der Waals surface area contributed by atoms with Crippen LogP contribution >= 0.6 is 11.3 Å². The van der Waals surface area contributed by atoms with Gasteiger partial charge < -0.3 is 10.6 Å². The molecule has 2 amide bonds. The lowest BCUT2D eigenvalue weighted by Gasteiger charge is -2.07. The van der Waals surface area contributed by atoms with Crippen LogP contribution in [0.15, 0.2) is 48.5 Å². The Balaban J connectivity index is 1.53. The van der Waals surface area contributed by atoms with Gasteiger partial charge in [0.15, 0.2) is 0 Å². The van der Waals surface area contributed by atoms with E-state index in [0.717, 1.165) is 21.1 Å². The normalized spacial score (nSPS) is 10.5. The van der Waals surface area contributed by atoms with Crippen molar-refractivity contribution in [3.8, 4) is 10.6 Å². The van der Waals surface area contributed by atoms with Gasteiger partial charge in [0.05, 0.1) is 5.69 Å². The highest BCUT2D eigenvalue weighted by molar-refractivity contribution is 7.15. The quantitative estimate of drug-likeness (QED) is 0.642. The van der Waals surface area contributed by atoms with E-state index in [1.807, 2.05) is 37.3 Å². The third kappa shape index (κ3) is 4.80. The zero-order chi connectivity index (χ0) is 20.1. The number of anilines is 1. The monoisotopic (exact) mass is 397 g/mol. The summed E-state index contributed by atoms with van der Waals surface area (Å²) in [6.07, 6.45) is 0.578. The number of rotatable bonds is 5. The molecule has 0 aliphatic carbocycles. The van der Waals surface area contributed by atoms with Crippen LogP contribution in [0.2, 0.25) is 0 Å². The van der Waals surface area contributed by atoms with E-state index in [9.17, 15) is 14.0 Å². The van der Waals surface area contributed by atoms with E-state index in [1.54, 1.807) is 30.4 Å². The van der Waals surface area contributed by atoms with E-state index in [-0.39, 0.29) is 5.69 Å². The number of benzene rings is 2. The van der Waals surface area contributed by atoms with Gasteiger partial charge in [0.2, 0.25) is 0 Å². The fourth-order valence-electron chi connectivity index (χ4n) is 2.59. The summed E-state index contributed by atoms with van der Waals surface area (Å²) in [5.41, 5.74) is 2.68. The molecule has 3 rings (SSSR count). The van der Waals surface area contributed by atoms with Crippen LogP contribution < -0.4 is 10.6 Å². The first-order valence-corrected chi connectivity index (χ1v) is 9.63. The van der Waals surface area contributed by atoms with Crippen LogP contribution in [0, 0.1) is 19.7 Å². The highest BCUT2D eigenvalue weighted by Gasteiger charge is 2.15. The van der Waals surface area contributed by atoms with Crippen molar-refractivity contribution in [1.82, 2.24) is 10.3 Å². The third-order valence-electron chi connectivity index (χ3n) is 4.19. The number of nitrogens with zero attached hydrogens (tertiary/aromatic N) is 1. The van der Waals surface area contributed by atoms with E-state index in [0.29, 0.717) is 18.5 Å². The molecule has 0 radical (unpaired) electrons. The van der Waals surface area contributed by atoms with Gasteiger partial charge in [0, 0.05) is 29.1 Å².